The van der Waals surface area contributed by atoms with E-state index in [4.69, 9.17) is 9.84 Å². The van der Waals surface area contributed by atoms with E-state index >= 15 is 0 Å². The highest BCUT2D eigenvalue weighted by atomic mass is 16.6. The van der Waals surface area contributed by atoms with Crippen molar-refractivity contribution in [2.45, 2.75) is 45.3 Å². The molecule has 1 rings (SSSR count). The molecule has 5 nitrogen and oxygen atoms in total. The second kappa shape index (κ2) is 6.21. The Kier molecular flexibility index (Phi) is 5.21. The maximum atomic E-state index is 11.8. The standard InChI is InChI=1S/C12H24N2O3/c1-12(2,3)17-11(16)14-7-5-10(9-14)13-6-4-8-15/h10,13,15H,4-9H2,1-3H3/t10-/m1/s1. The number of likely N-dealkylation sites (tertiary alicyclic amines) is 1. The molecule has 0 saturated carbocycles. The predicted octanol–water partition coefficient (Wildman–Crippen LogP) is 0.968. The van der Waals surface area contributed by atoms with E-state index in [0.717, 1.165) is 25.9 Å². The molecular weight excluding hydrogens is 220 g/mol. The minimum Gasteiger partial charge on any atom is -0.444 e. The summed E-state index contributed by atoms with van der Waals surface area (Å²) in [7, 11) is 0. The molecule has 0 aliphatic carbocycles. The molecule has 0 spiro atoms. The van der Waals surface area contributed by atoms with Gasteiger partial charge in [0.15, 0.2) is 0 Å². The van der Waals surface area contributed by atoms with Crippen molar-refractivity contribution in [3.8, 4) is 0 Å². The van der Waals surface area contributed by atoms with E-state index in [2.05, 4.69) is 5.32 Å². The number of carbonyl (C=O) groups excluding carboxylic acids is 1. The highest BCUT2D eigenvalue weighted by Crippen LogP contribution is 2.15. The second-order valence-electron chi connectivity index (χ2n) is 5.44. The van der Waals surface area contributed by atoms with Gasteiger partial charge in [-0.1, -0.05) is 0 Å². The summed E-state index contributed by atoms with van der Waals surface area (Å²) in [5, 5.41) is 12.0. The van der Waals surface area contributed by atoms with Crippen molar-refractivity contribution in [3.63, 3.8) is 0 Å². The minimum absolute atomic E-state index is 0.204. The molecule has 0 bridgehead atoms. The van der Waals surface area contributed by atoms with E-state index in [1.165, 1.54) is 0 Å². The van der Waals surface area contributed by atoms with Gasteiger partial charge in [-0.15, -0.1) is 0 Å². The van der Waals surface area contributed by atoms with Crippen LogP contribution in [0.5, 0.6) is 0 Å². The number of nitrogens with one attached hydrogen (secondary N) is 1. The fourth-order valence-corrected chi connectivity index (χ4v) is 1.80. The number of nitrogens with zero attached hydrogens (tertiary/aromatic N) is 1. The summed E-state index contributed by atoms with van der Waals surface area (Å²) >= 11 is 0. The lowest BCUT2D eigenvalue weighted by atomic mass is 10.2. The lowest BCUT2D eigenvalue weighted by molar-refractivity contribution is 0.0291. The summed E-state index contributed by atoms with van der Waals surface area (Å²) in [6.45, 7) is 8.05. The maximum absolute atomic E-state index is 11.8. The summed E-state index contributed by atoms with van der Waals surface area (Å²) in [4.78, 5) is 13.5. The molecule has 0 aromatic heterocycles. The van der Waals surface area contributed by atoms with E-state index in [0.29, 0.717) is 12.6 Å². The molecule has 100 valence electrons. The van der Waals surface area contributed by atoms with Gasteiger partial charge in [0.2, 0.25) is 0 Å². The van der Waals surface area contributed by atoms with Crippen molar-refractivity contribution in [3.05, 3.63) is 0 Å². The third-order valence-corrected chi connectivity index (χ3v) is 2.61. The number of amides is 1. The molecule has 1 fully saturated rings. The Balaban J connectivity index is 2.27. The van der Waals surface area contributed by atoms with Crippen LogP contribution in [0.25, 0.3) is 0 Å². The smallest absolute Gasteiger partial charge is 0.410 e. The molecule has 1 amide bonds. The van der Waals surface area contributed by atoms with Gasteiger partial charge in [-0.2, -0.15) is 0 Å². The first-order valence-electron chi connectivity index (χ1n) is 6.24. The molecule has 2 N–H and O–H groups in total. The molecule has 1 heterocycles. The molecule has 5 heteroatoms. The number of aliphatic hydroxyl groups excluding tert-OH is 1. The normalized spacial score (nSPS) is 20.7. The summed E-state index contributed by atoms with van der Waals surface area (Å²) in [6, 6.07) is 0.328. The highest BCUT2D eigenvalue weighted by molar-refractivity contribution is 5.68. The van der Waals surface area contributed by atoms with Gasteiger partial charge in [0.1, 0.15) is 5.60 Å². The molecule has 1 saturated heterocycles. The van der Waals surface area contributed by atoms with Gasteiger partial charge in [-0.3, -0.25) is 0 Å². The Bertz CT molecular complexity index is 251. The predicted molar refractivity (Wildman–Crippen MR) is 65.9 cm³/mol. The maximum Gasteiger partial charge on any atom is 0.410 e. The molecule has 1 aliphatic rings. The monoisotopic (exact) mass is 244 g/mol. The Morgan fingerprint density at radius 2 is 2.24 bits per heavy atom. The van der Waals surface area contributed by atoms with Gasteiger partial charge in [0.05, 0.1) is 0 Å². The molecular formula is C12H24N2O3. The van der Waals surface area contributed by atoms with Crippen LogP contribution in [0.15, 0.2) is 0 Å². The number of hydrogen-bond acceptors (Lipinski definition) is 4. The van der Waals surface area contributed by atoms with Gasteiger partial charge in [0, 0.05) is 25.7 Å². The van der Waals surface area contributed by atoms with Crippen LogP contribution in [0.4, 0.5) is 4.79 Å². The molecule has 17 heavy (non-hydrogen) atoms. The molecule has 0 unspecified atom stereocenters. The van der Waals surface area contributed by atoms with Crippen molar-refractivity contribution in [1.82, 2.24) is 10.2 Å². The molecule has 0 radical (unpaired) electrons. The third kappa shape index (κ3) is 5.37. The second-order valence-corrected chi connectivity index (χ2v) is 5.44. The first-order valence-corrected chi connectivity index (χ1v) is 6.24. The summed E-state index contributed by atoms with van der Waals surface area (Å²) in [5.41, 5.74) is -0.431. The fourth-order valence-electron chi connectivity index (χ4n) is 1.80. The SMILES string of the molecule is CC(C)(C)OC(=O)N1CC[C@@H](NCCCO)C1. The van der Waals surface area contributed by atoms with E-state index < -0.39 is 5.60 Å². The largest absolute Gasteiger partial charge is 0.444 e. The Hall–Kier alpha value is -0.810. The van der Waals surface area contributed by atoms with E-state index in [1.54, 1.807) is 4.90 Å². The van der Waals surface area contributed by atoms with Crippen LogP contribution >= 0.6 is 0 Å². The number of carbonyl (C=O) groups is 1. The van der Waals surface area contributed by atoms with Gasteiger partial charge < -0.3 is 20.1 Å². The van der Waals surface area contributed by atoms with E-state index in [9.17, 15) is 4.79 Å². The lowest BCUT2D eigenvalue weighted by Gasteiger charge is -2.24. The Labute approximate surface area is 103 Å². The average Bonchev–Trinajstić information content (AvgIpc) is 2.64. The van der Waals surface area contributed by atoms with Gasteiger partial charge in [-0.05, 0) is 40.2 Å². The highest BCUT2D eigenvalue weighted by Gasteiger charge is 2.29. The average molecular weight is 244 g/mol. The minimum atomic E-state index is -0.431. The number of rotatable bonds is 4. The zero-order chi connectivity index (χ0) is 12.9. The molecule has 0 aromatic carbocycles. The van der Waals surface area contributed by atoms with Crippen molar-refractivity contribution in [2.75, 3.05) is 26.2 Å². The topological polar surface area (TPSA) is 61.8 Å². The van der Waals surface area contributed by atoms with Gasteiger partial charge >= 0.3 is 6.09 Å². The van der Waals surface area contributed by atoms with Crippen LogP contribution in [-0.2, 0) is 4.74 Å². The first-order chi connectivity index (χ1) is 7.92. The van der Waals surface area contributed by atoms with E-state index in [-0.39, 0.29) is 12.7 Å². The Morgan fingerprint density at radius 3 is 2.82 bits per heavy atom. The van der Waals surface area contributed by atoms with Gasteiger partial charge in [0.25, 0.3) is 0 Å². The third-order valence-electron chi connectivity index (χ3n) is 2.61. The number of ether oxygens (including phenoxy) is 1. The number of hydrogen-bond donors (Lipinski definition) is 2. The number of aliphatic hydroxyl groups is 1. The molecule has 1 aliphatic heterocycles. The molecule has 0 aromatic rings. The fraction of sp³-hybridized carbons (Fsp3) is 0.917. The van der Waals surface area contributed by atoms with Crippen LogP contribution in [-0.4, -0.2) is 54.0 Å². The zero-order valence-electron chi connectivity index (χ0n) is 11.0. The van der Waals surface area contributed by atoms with E-state index in [1.807, 2.05) is 20.8 Å². The van der Waals surface area contributed by atoms with Crippen LogP contribution in [0.3, 0.4) is 0 Å². The molecule has 1 atom stereocenters. The zero-order valence-corrected chi connectivity index (χ0v) is 11.0. The van der Waals surface area contributed by atoms with Crippen molar-refractivity contribution in [2.24, 2.45) is 0 Å². The van der Waals surface area contributed by atoms with Crippen LogP contribution in [0.2, 0.25) is 0 Å². The van der Waals surface area contributed by atoms with Crippen LogP contribution in [0.1, 0.15) is 33.6 Å². The van der Waals surface area contributed by atoms with Crippen LogP contribution < -0.4 is 5.32 Å². The van der Waals surface area contributed by atoms with Crippen molar-refractivity contribution in [1.29, 1.82) is 0 Å². The van der Waals surface area contributed by atoms with Gasteiger partial charge in [-0.25, -0.2) is 4.79 Å². The Morgan fingerprint density at radius 1 is 1.53 bits per heavy atom. The first kappa shape index (κ1) is 14.3. The lowest BCUT2D eigenvalue weighted by Crippen LogP contribution is -2.38. The quantitative estimate of drug-likeness (QED) is 0.723. The van der Waals surface area contributed by atoms with Crippen molar-refractivity contribution >= 4 is 6.09 Å². The summed E-state index contributed by atoms with van der Waals surface area (Å²) in [6.07, 6.45) is 1.47. The van der Waals surface area contributed by atoms with Crippen LogP contribution in [0, 0.1) is 0 Å². The summed E-state index contributed by atoms with van der Waals surface area (Å²) < 4.78 is 5.31. The summed E-state index contributed by atoms with van der Waals surface area (Å²) in [5.74, 6) is 0. The van der Waals surface area contributed by atoms with Crippen molar-refractivity contribution < 1.29 is 14.6 Å².